The average molecular weight is 398 g/mol. The van der Waals surface area contributed by atoms with Crippen LogP contribution >= 0.6 is 24.0 Å². The number of aryl methyl sites for hydroxylation is 1. The van der Waals surface area contributed by atoms with E-state index in [1.807, 2.05) is 13.0 Å². The standard InChI is InChI=1S/C18H16ClNO3S.ClH/c1-11-3-2-4-12(7-11)24(21,22)13-8-14-15-10-20-6-5-17(15)23-18(14)16(19)9-13;/h2-4,7-9,20H,5-6,10H2,1H3;1H. The molecule has 0 unspecified atom stereocenters. The Bertz CT molecular complexity index is 1060. The molecule has 1 aromatic heterocycles. The van der Waals surface area contributed by atoms with Crippen molar-refractivity contribution < 1.29 is 12.8 Å². The second-order valence-electron chi connectivity index (χ2n) is 6.03. The van der Waals surface area contributed by atoms with Crippen molar-refractivity contribution in [3.63, 3.8) is 0 Å². The molecule has 4 rings (SSSR count). The third-order valence-electron chi connectivity index (χ3n) is 4.34. The molecule has 0 amide bonds. The Balaban J connectivity index is 0.00000182. The van der Waals surface area contributed by atoms with Crippen LogP contribution in [0, 0.1) is 6.92 Å². The molecule has 0 spiro atoms. The van der Waals surface area contributed by atoms with Gasteiger partial charge in [0, 0.05) is 30.5 Å². The van der Waals surface area contributed by atoms with Gasteiger partial charge in [-0.2, -0.15) is 0 Å². The Morgan fingerprint density at radius 1 is 1.16 bits per heavy atom. The topological polar surface area (TPSA) is 59.3 Å². The first-order chi connectivity index (χ1) is 11.5. The molecule has 1 aliphatic heterocycles. The normalized spacial score (nSPS) is 14.2. The van der Waals surface area contributed by atoms with Gasteiger partial charge in [0.25, 0.3) is 0 Å². The molecule has 2 aromatic carbocycles. The number of hydrogen-bond donors (Lipinski definition) is 1. The molecule has 3 aromatic rings. The summed E-state index contributed by atoms with van der Waals surface area (Å²) in [5.41, 5.74) is 2.46. The number of halogens is 2. The van der Waals surface area contributed by atoms with Crippen LogP contribution in [0.5, 0.6) is 0 Å². The maximum atomic E-state index is 13.0. The molecule has 0 fully saturated rings. The van der Waals surface area contributed by atoms with Gasteiger partial charge in [0.1, 0.15) is 5.76 Å². The predicted molar refractivity (Wildman–Crippen MR) is 101 cm³/mol. The fraction of sp³-hybridized carbons (Fsp3) is 0.222. The van der Waals surface area contributed by atoms with Gasteiger partial charge in [-0.25, -0.2) is 8.42 Å². The molecule has 0 saturated heterocycles. The maximum absolute atomic E-state index is 13.0. The molecule has 0 aliphatic carbocycles. The number of benzene rings is 2. The van der Waals surface area contributed by atoms with Gasteiger partial charge in [-0.3, -0.25) is 0 Å². The zero-order chi connectivity index (χ0) is 16.9. The molecule has 7 heteroatoms. The minimum Gasteiger partial charge on any atom is -0.459 e. The number of rotatable bonds is 2. The van der Waals surface area contributed by atoms with Crippen molar-refractivity contribution >= 4 is 44.8 Å². The van der Waals surface area contributed by atoms with Gasteiger partial charge in [-0.05, 0) is 36.8 Å². The van der Waals surface area contributed by atoms with Crippen LogP contribution in [0.1, 0.15) is 16.9 Å². The Hall–Kier alpha value is -1.53. The largest absolute Gasteiger partial charge is 0.459 e. The Labute approximate surface area is 157 Å². The monoisotopic (exact) mass is 397 g/mol. The molecule has 2 heterocycles. The SMILES string of the molecule is Cc1cccc(S(=O)(=O)c2cc(Cl)c3oc4c(c3c2)CNCC4)c1.Cl. The van der Waals surface area contributed by atoms with Crippen molar-refractivity contribution in [1.82, 2.24) is 5.32 Å². The summed E-state index contributed by atoms with van der Waals surface area (Å²) in [6, 6.07) is 10.0. The molecule has 0 atom stereocenters. The van der Waals surface area contributed by atoms with Crippen LogP contribution in [0.3, 0.4) is 0 Å². The molecule has 1 N–H and O–H groups in total. The van der Waals surface area contributed by atoms with Gasteiger partial charge in [-0.15, -0.1) is 12.4 Å². The van der Waals surface area contributed by atoms with Crippen molar-refractivity contribution in [2.75, 3.05) is 6.54 Å². The first kappa shape index (κ1) is 18.3. The van der Waals surface area contributed by atoms with Gasteiger partial charge in [0.15, 0.2) is 5.58 Å². The van der Waals surface area contributed by atoms with E-state index in [9.17, 15) is 8.42 Å². The predicted octanol–water partition coefficient (Wildman–Crippen LogP) is 4.29. The quantitative estimate of drug-likeness (QED) is 0.700. The molecule has 4 nitrogen and oxygen atoms in total. The van der Waals surface area contributed by atoms with Crippen molar-refractivity contribution in [3.05, 3.63) is 58.3 Å². The molecule has 0 saturated carbocycles. The van der Waals surface area contributed by atoms with Crippen molar-refractivity contribution in [3.8, 4) is 0 Å². The van der Waals surface area contributed by atoms with Crippen LogP contribution in [-0.4, -0.2) is 15.0 Å². The van der Waals surface area contributed by atoms with E-state index in [0.29, 0.717) is 17.2 Å². The van der Waals surface area contributed by atoms with E-state index in [4.69, 9.17) is 16.0 Å². The average Bonchev–Trinajstić information content (AvgIpc) is 2.94. The fourth-order valence-electron chi connectivity index (χ4n) is 3.12. The summed E-state index contributed by atoms with van der Waals surface area (Å²) in [6.45, 7) is 3.37. The van der Waals surface area contributed by atoms with E-state index in [1.165, 1.54) is 6.07 Å². The Morgan fingerprint density at radius 3 is 2.72 bits per heavy atom. The summed E-state index contributed by atoms with van der Waals surface area (Å²) >= 11 is 6.33. The van der Waals surface area contributed by atoms with Gasteiger partial charge >= 0.3 is 0 Å². The minimum absolute atomic E-state index is 0. The lowest BCUT2D eigenvalue weighted by Crippen LogP contribution is -2.22. The summed E-state index contributed by atoms with van der Waals surface area (Å²) in [6.07, 6.45) is 0.778. The van der Waals surface area contributed by atoms with Gasteiger partial charge in [-0.1, -0.05) is 23.7 Å². The van der Waals surface area contributed by atoms with Crippen molar-refractivity contribution in [1.29, 1.82) is 0 Å². The first-order valence-electron chi connectivity index (χ1n) is 7.73. The van der Waals surface area contributed by atoms with Gasteiger partial charge in [0.2, 0.25) is 9.84 Å². The number of fused-ring (bicyclic) bond motifs is 3. The summed E-state index contributed by atoms with van der Waals surface area (Å²) in [5.74, 6) is 0.885. The number of nitrogens with one attached hydrogen (secondary N) is 1. The zero-order valence-corrected chi connectivity index (χ0v) is 15.9. The summed E-state index contributed by atoms with van der Waals surface area (Å²) in [5, 5.41) is 4.38. The van der Waals surface area contributed by atoms with Crippen LogP contribution in [0.15, 0.2) is 50.6 Å². The summed E-state index contributed by atoms with van der Waals surface area (Å²) < 4.78 is 31.8. The van der Waals surface area contributed by atoms with E-state index in [1.54, 1.807) is 24.3 Å². The molecular formula is C18H17Cl2NO3S. The maximum Gasteiger partial charge on any atom is 0.206 e. The molecule has 132 valence electrons. The van der Waals surface area contributed by atoms with Crippen LogP contribution in [0.4, 0.5) is 0 Å². The lowest BCUT2D eigenvalue weighted by molar-refractivity contribution is 0.500. The Kier molecular flexibility index (Phi) is 4.86. The number of furan rings is 1. The smallest absolute Gasteiger partial charge is 0.206 e. The molecule has 0 bridgehead atoms. The highest BCUT2D eigenvalue weighted by atomic mass is 35.5. The molecule has 0 radical (unpaired) electrons. The van der Waals surface area contributed by atoms with Crippen LogP contribution < -0.4 is 5.32 Å². The van der Waals surface area contributed by atoms with Crippen LogP contribution in [0.2, 0.25) is 5.02 Å². The fourth-order valence-corrected chi connectivity index (χ4v) is 4.86. The Morgan fingerprint density at radius 2 is 1.96 bits per heavy atom. The van der Waals surface area contributed by atoms with Crippen LogP contribution in [-0.2, 0) is 22.8 Å². The number of hydrogen-bond acceptors (Lipinski definition) is 4. The highest BCUT2D eigenvalue weighted by molar-refractivity contribution is 7.91. The molecule has 1 aliphatic rings. The number of sulfone groups is 1. The third kappa shape index (κ3) is 3.06. The van der Waals surface area contributed by atoms with E-state index in [-0.39, 0.29) is 22.2 Å². The molecule has 25 heavy (non-hydrogen) atoms. The minimum atomic E-state index is -3.63. The molecular weight excluding hydrogens is 381 g/mol. The van der Waals surface area contributed by atoms with E-state index >= 15 is 0 Å². The highest BCUT2D eigenvalue weighted by Crippen LogP contribution is 2.36. The summed E-state index contributed by atoms with van der Waals surface area (Å²) in [7, 11) is -3.63. The van der Waals surface area contributed by atoms with Crippen LogP contribution in [0.25, 0.3) is 11.0 Å². The third-order valence-corrected chi connectivity index (χ3v) is 6.36. The second-order valence-corrected chi connectivity index (χ2v) is 8.39. The second kappa shape index (κ2) is 6.65. The first-order valence-corrected chi connectivity index (χ1v) is 9.59. The van der Waals surface area contributed by atoms with Gasteiger partial charge in [0.05, 0.1) is 14.8 Å². The van der Waals surface area contributed by atoms with E-state index in [2.05, 4.69) is 5.32 Å². The van der Waals surface area contributed by atoms with Crippen molar-refractivity contribution in [2.45, 2.75) is 29.7 Å². The zero-order valence-electron chi connectivity index (χ0n) is 13.5. The van der Waals surface area contributed by atoms with E-state index < -0.39 is 9.84 Å². The highest BCUT2D eigenvalue weighted by Gasteiger charge is 2.24. The van der Waals surface area contributed by atoms with Crippen molar-refractivity contribution in [2.24, 2.45) is 0 Å². The lowest BCUT2D eigenvalue weighted by atomic mass is 10.1. The summed E-state index contributed by atoms with van der Waals surface area (Å²) in [4.78, 5) is 0.466. The lowest BCUT2D eigenvalue weighted by Gasteiger charge is -2.11. The van der Waals surface area contributed by atoms with Gasteiger partial charge < -0.3 is 9.73 Å². The van der Waals surface area contributed by atoms with E-state index in [0.717, 1.165) is 35.2 Å².